The molecule has 2 N–H and O–H groups in total. The van der Waals surface area contributed by atoms with Gasteiger partial charge in [0, 0.05) is 26.7 Å². The Hall–Kier alpha value is -1.55. The summed E-state index contributed by atoms with van der Waals surface area (Å²) in [4.78, 5) is 6.52. The zero-order valence-corrected chi connectivity index (χ0v) is 13.5. The second-order valence-corrected chi connectivity index (χ2v) is 5.18. The molecule has 4 nitrogen and oxygen atoms in total. The summed E-state index contributed by atoms with van der Waals surface area (Å²) < 4.78 is 0. The van der Waals surface area contributed by atoms with Crippen LogP contribution in [0.25, 0.3) is 0 Å². The highest BCUT2D eigenvalue weighted by atomic mass is 15.2. The van der Waals surface area contributed by atoms with E-state index in [1.165, 1.54) is 16.7 Å². The predicted molar refractivity (Wildman–Crippen MR) is 87.3 cm³/mol. The Morgan fingerprint density at radius 2 is 2.00 bits per heavy atom. The number of aliphatic imine (C=N–C) groups is 1. The molecular formula is C16H28N4. The zero-order chi connectivity index (χ0) is 15.0. The van der Waals surface area contributed by atoms with Crippen molar-refractivity contribution in [3.8, 4) is 0 Å². The van der Waals surface area contributed by atoms with Gasteiger partial charge >= 0.3 is 0 Å². The largest absolute Gasteiger partial charge is 0.355 e. The van der Waals surface area contributed by atoms with Crippen molar-refractivity contribution in [3.63, 3.8) is 0 Å². The van der Waals surface area contributed by atoms with Gasteiger partial charge < -0.3 is 15.5 Å². The molecule has 0 radical (unpaired) electrons. The van der Waals surface area contributed by atoms with Crippen LogP contribution in [0.5, 0.6) is 0 Å². The van der Waals surface area contributed by atoms with Crippen LogP contribution in [0.3, 0.4) is 0 Å². The van der Waals surface area contributed by atoms with Gasteiger partial charge in [-0.15, -0.1) is 0 Å². The molecule has 1 aromatic rings. The molecule has 0 aromatic heterocycles. The van der Waals surface area contributed by atoms with Gasteiger partial charge in [0.05, 0.1) is 0 Å². The maximum absolute atomic E-state index is 4.25. The van der Waals surface area contributed by atoms with Crippen molar-refractivity contribution in [2.45, 2.75) is 27.3 Å². The van der Waals surface area contributed by atoms with Crippen LogP contribution in [0, 0.1) is 13.8 Å². The molecule has 0 atom stereocenters. The minimum atomic E-state index is 0.801. The van der Waals surface area contributed by atoms with Gasteiger partial charge in [0.2, 0.25) is 0 Å². The molecule has 112 valence electrons. The van der Waals surface area contributed by atoms with Gasteiger partial charge in [-0.2, -0.15) is 0 Å². The highest BCUT2D eigenvalue weighted by Crippen LogP contribution is 2.09. The van der Waals surface area contributed by atoms with Gasteiger partial charge in [0.1, 0.15) is 0 Å². The molecule has 0 aliphatic rings. The van der Waals surface area contributed by atoms with Crippen LogP contribution in [-0.2, 0) is 6.54 Å². The van der Waals surface area contributed by atoms with Gasteiger partial charge in [-0.1, -0.05) is 30.7 Å². The zero-order valence-electron chi connectivity index (χ0n) is 13.5. The molecule has 0 fully saturated rings. The number of nitrogens with one attached hydrogen (secondary N) is 2. The predicted octanol–water partition coefficient (Wildman–Crippen LogP) is 1.92. The number of hydrogen-bond donors (Lipinski definition) is 2. The maximum atomic E-state index is 4.25. The Bertz CT molecular complexity index is 440. The highest BCUT2D eigenvalue weighted by molar-refractivity contribution is 5.79. The standard InChI is InChI=1S/C16H28N4/c1-6-20(5)10-9-18-16(17-4)19-12-15-8-7-13(2)11-14(15)3/h7-8,11H,6,9-10,12H2,1-5H3,(H2,17,18,19). The van der Waals surface area contributed by atoms with E-state index in [9.17, 15) is 0 Å². The lowest BCUT2D eigenvalue weighted by Crippen LogP contribution is -2.40. The van der Waals surface area contributed by atoms with Crippen molar-refractivity contribution in [1.82, 2.24) is 15.5 Å². The van der Waals surface area contributed by atoms with Gasteiger partial charge in [-0.25, -0.2) is 0 Å². The molecule has 1 rings (SSSR count). The Labute approximate surface area is 123 Å². The smallest absolute Gasteiger partial charge is 0.191 e. The lowest BCUT2D eigenvalue weighted by Gasteiger charge is -2.17. The van der Waals surface area contributed by atoms with Crippen molar-refractivity contribution in [2.75, 3.05) is 33.7 Å². The summed E-state index contributed by atoms with van der Waals surface area (Å²) in [5, 5.41) is 6.69. The van der Waals surface area contributed by atoms with Gasteiger partial charge in [-0.3, -0.25) is 4.99 Å². The van der Waals surface area contributed by atoms with E-state index in [2.05, 4.69) is 66.5 Å². The quantitative estimate of drug-likeness (QED) is 0.616. The summed E-state index contributed by atoms with van der Waals surface area (Å²) >= 11 is 0. The number of guanidine groups is 1. The summed E-state index contributed by atoms with van der Waals surface area (Å²) in [7, 11) is 3.92. The van der Waals surface area contributed by atoms with Crippen molar-refractivity contribution < 1.29 is 0 Å². The Morgan fingerprint density at radius 1 is 1.25 bits per heavy atom. The molecule has 0 saturated heterocycles. The van der Waals surface area contributed by atoms with Crippen LogP contribution >= 0.6 is 0 Å². The summed E-state index contributed by atoms with van der Waals surface area (Å²) in [5.41, 5.74) is 3.93. The number of likely N-dealkylation sites (N-methyl/N-ethyl adjacent to an activating group) is 1. The number of hydrogen-bond acceptors (Lipinski definition) is 2. The second kappa shape index (κ2) is 8.59. The molecule has 0 aliphatic heterocycles. The van der Waals surface area contributed by atoms with E-state index in [1.54, 1.807) is 7.05 Å². The van der Waals surface area contributed by atoms with Crippen LogP contribution in [0.4, 0.5) is 0 Å². The first kappa shape index (κ1) is 16.5. The normalized spacial score (nSPS) is 11.8. The van der Waals surface area contributed by atoms with Gasteiger partial charge in [0.15, 0.2) is 5.96 Å². The third-order valence-electron chi connectivity index (χ3n) is 3.49. The van der Waals surface area contributed by atoms with Crippen molar-refractivity contribution in [3.05, 3.63) is 34.9 Å². The average Bonchev–Trinajstić information content (AvgIpc) is 2.43. The molecule has 0 bridgehead atoms. The Morgan fingerprint density at radius 3 is 2.60 bits per heavy atom. The van der Waals surface area contributed by atoms with Gasteiger partial charge in [-0.05, 0) is 38.6 Å². The van der Waals surface area contributed by atoms with Crippen molar-refractivity contribution in [2.24, 2.45) is 4.99 Å². The molecule has 0 heterocycles. The number of rotatable bonds is 6. The summed E-state index contributed by atoms with van der Waals surface area (Å²) in [5.74, 6) is 0.856. The lowest BCUT2D eigenvalue weighted by atomic mass is 10.1. The molecule has 0 amide bonds. The molecule has 1 aromatic carbocycles. The highest BCUT2D eigenvalue weighted by Gasteiger charge is 2.01. The lowest BCUT2D eigenvalue weighted by molar-refractivity contribution is 0.357. The third-order valence-corrected chi connectivity index (χ3v) is 3.49. The van der Waals surface area contributed by atoms with E-state index in [-0.39, 0.29) is 0 Å². The third kappa shape index (κ3) is 5.61. The second-order valence-electron chi connectivity index (χ2n) is 5.18. The molecule has 20 heavy (non-hydrogen) atoms. The average molecular weight is 276 g/mol. The summed E-state index contributed by atoms with van der Waals surface area (Å²) in [6.07, 6.45) is 0. The first-order chi connectivity index (χ1) is 9.56. The minimum Gasteiger partial charge on any atom is -0.355 e. The van der Waals surface area contributed by atoms with E-state index in [0.29, 0.717) is 0 Å². The van der Waals surface area contributed by atoms with E-state index < -0.39 is 0 Å². The first-order valence-corrected chi connectivity index (χ1v) is 7.26. The number of nitrogens with zero attached hydrogens (tertiary/aromatic N) is 2. The maximum Gasteiger partial charge on any atom is 0.191 e. The van der Waals surface area contributed by atoms with Crippen LogP contribution in [0.2, 0.25) is 0 Å². The Kier molecular flexibility index (Phi) is 7.09. The fourth-order valence-corrected chi connectivity index (χ4v) is 1.97. The molecular weight excluding hydrogens is 248 g/mol. The SMILES string of the molecule is CCN(C)CCNC(=NC)NCc1ccc(C)cc1C. The van der Waals surface area contributed by atoms with E-state index >= 15 is 0 Å². The fraction of sp³-hybridized carbons (Fsp3) is 0.562. The van der Waals surface area contributed by atoms with E-state index in [0.717, 1.165) is 32.1 Å². The molecule has 0 spiro atoms. The summed E-state index contributed by atoms with van der Waals surface area (Å²) in [6, 6.07) is 6.54. The monoisotopic (exact) mass is 276 g/mol. The van der Waals surface area contributed by atoms with Crippen LogP contribution in [0.15, 0.2) is 23.2 Å². The van der Waals surface area contributed by atoms with Crippen molar-refractivity contribution in [1.29, 1.82) is 0 Å². The number of aryl methyl sites for hydroxylation is 2. The van der Waals surface area contributed by atoms with E-state index in [4.69, 9.17) is 0 Å². The van der Waals surface area contributed by atoms with E-state index in [1.807, 2.05) is 0 Å². The van der Waals surface area contributed by atoms with Crippen LogP contribution in [0.1, 0.15) is 23.6 Å². The summed E-state index contributed by atoms with van der Waals surface area (Å²) in [6.45, 7) is 10.2. The molecule has 0 aliphatic carbocycles. The topological polar surface area (TPSA) is 39.7 Å². The minimum absolute atomic E-state index is 0.801. The Balaban J connectivity index is 2.41. The molecule has 4 heteroatoms. The fourth-order valence-electron chi connectivity index (χ4n) is 1.97. The first-order valence-electron chi connectivity index (χ1n) is 7.26. The van der Waals surface area contributed by atoms with Crippen LogP contribution in [-0.4, -0.2) is 44.6 Å². The van der Waals surface area contributed by atoms with Crippen molar-refractivity contribution >= 4 is 5.96 Å². The molecule has 0 saturated carbocycles. The van der Waals surface area contributed by atoms with Crippen LogP contribution < -0.4 is 10.6 Å². The van der Waals surface area contributed by atoms with Gasteiger partial charge in [0.25, 0.3) is 0 Å². The number of benzene rings is 1. The molecule has 0 unspecified atom stereocenters.